The van der Waals surface area contributed by atoms with Gasteiger partial charge in [-0.15, -0.1) is 0 Å². The van der Waals surface area contributed by atoms with Crippen molar-refractivity contribution in [2.75, 3.05) is 19.4 Å². The molecule has 2 unspecified atom stereocenters. The molecule has 0 fully saturated rings. The van der Waals surface area contributed by atoms with E-state index >= 15 is 0 Å². The van der Waals surface area contributed by atoms with Crippen molar-refractivity contribution in [3.8, 4) is 0 Å². The predicted octanol–water partition coefficient (Wildman–Crippen LogP) is 5.34. The lowest BCUT2D eigenvalue weighted by atomic mass is 9.96. The van der Waals surface area contributed by atoms with Gasteiger partial charge in [-0.1, -0.05) is 36.5 Å². The third-order valence-corrected chi connectivity index (χ3v) is 6.74. The smallest absolute Gasteiger partial charge is 0.335 e. The van der Waals surface area contributed by atoms with Crippen LogP contribution in [0.3, 0.4) is 0 Å². The molecule has 0 aliphatic rings. The summed E-state index contributed by atoms with van der Waals surface area (Å²) in [4.78, 5) is 18.2. The summed E-state index contributed by atoms with van der Waals surface area (Å²) in [5.74, 6) is -0.917. The zero-order valence-electron chi connectivity index (χ0n) is 18.5. The number of benzene rings is 2. The van der Waals surface area contributed by atoms with E-state index in [1.165, 1.54) is 5.56 Å². The highest BCUT2D eigenvalue weighted by Gasteiger charge is 2.25. The summed E-state index contributed by atoms with van der Waals surface area (Å²) in [5, 5.41) is 13.4. The van der Waals surface area contributed by atoms with Crippen LogP contribution in [0.25, 0.3) is 10.2 Å². The van der Waals surface area contributed by atoms with Crippen molar-refractivity contribution in [3.63, 3.8) is 0 Å². The van der Waals surface area contributed by atoms with E-state index in [4.69, 9.17) is 4.98 Å². The minimum absolute atomic E-state index is 0.215. The second-order valence-corrected chi connectivity index (χ2v) is 9.15. The van der Waals surface area contributed by atoms with Gasteiger partial charge in [0.25, 0.3) is 0 Å². The number of carboxylic acids is 1. The Bertz CT molecular complexity index is 1200. The molecule has 0 spiro atoms. The molecule has 2 heterocycles. The molecule has 4 rings (SSSR count). The van der Waals surface area contributed by atoms with Crippen LogP contribution in [0.2, 0.25) is 0 Å². The Labute approximate surface area is 192 Å². The van der Waals surface area contributed by atoms with E-state index in [1.807, 2.05) is 6.07 Å². The largest absolute Gasteiger partial charge is 0.478 e. The Hall–Kier alpha value is -3.16. The van der Waals surface area contributed by atoms with Gasteiger partial charge in [-0.2, -0.15) is 0 Å². The second kappa shape index (κ2) is 9.54. The van der Waals surface area contributed by atoms with E-state index in [-0.39, 0.29) is 6.04 Å². The summed E-state index contributed by atoms with van der Waals surface area (Å²) in [5.41, 5.74) is 3.43. The van der Waals surface area contributed by atoms with Crippen molar-refractivity contribution in [2.24, 2.45) is 0 Å². The molecular weight excluding hydrogens is 420 g/mol. The average Bonchev–Trinajstić information content (AvgIpc) is 3.45. The quantitative estimate of drug-likeness (QED) is 0.362. The fourth-order valence-electron chi connectivity index (χ4n) is 4.19. The third-order valence-electron chi connectivity index (χ3n) is 5.77. The monoisotopic (exact) mass is 448 g/mol. The van der Waals surface area contributed by atoms with E-state index in [2.05, 4.69) is 78.5 Å². The van der Waals surface area contributed by atoms with Crippen molar-refractivity contribution in [1.82, 2.24) is 14.5 Å². The van der Waals surface area contributed by atoms with Crippen LogP contribution in [0.4, 0.5) is 5.13 Å². The molecule has 6 nitrogen and oxygen atoms in total. The maximum Gasteiger partial charge on any atom is 0.335 e. The molecule has 7 heteroatoms. The summed E-state index contributed by atoms with van der Waals surface area (Å²) in [7, 11) is 4.27. The molecule has 0 radical (unpaired) electrons. The van der Waals surface area contributed by atoms with E-state index < -0.39 is 5.97 Å². The Morgan fingerprint density at radius 3 is 2.62 bits per heavy atom. The first-order valence-electron chi connectivity index (χ1n) is 10.7. The van der Waals surface area contributed by atoms with Crippen LogP contribution < -0.4 is 5.32 Å². The van der Waals surface area contributed by atoms with Gasteiger partial charge in [0.2, 0.25) is 0 Å². The molecule has 166 valence electrons. The highest BCUT2D eigenvalue weighted by molar-refractivity contribution is 7.22. The van der Waals surface area contributed by atoms with Gasteiger partial charge >= 0.3 is 5.97 Å². The molecule has 0 amide bonds. The van der Waals surface area contributed by atoms with Gasteiger partial charge in [0.05, 0.1) is 21.8 Å². The Morgan fingerprint density at radius 2 is 1.94 bits per heavy atom. The molecule has 0 saturated heterocycles. The summed E-state index contributed by atoms with van der Waals surface area (Å²) >= 11 is 1.62. The molecule has 32 heavy (non-hydrogen) atoms. The number of aromatic nitrogens is 2. The van der Waals surface area contributed by atoms with Crippen molar-refractivity contribution in [1.29, 1.82) is 0 Å². The molecule has 0 aliphatic heterocycles. The first-order valence-corrected chi connectivity index (χ1v) is 11.5. The number of carbonyl (C=O) groups is 1. The van der Waals surface area contributed by atoms with Crippen molar-refractivity contribution in [3.05, 3.63) is 83.7 Å². The van der Waals surface area contributed by atoms with Crippen LogP contribution in [0.1, 0.15) is 40.9 Å². The summed E-state index contributed by atoms with van der Waals surface area (Å²) in [6, 6.07) is 18.2. The van der Waals surface area contributed by atoms with Crippen LogP contribution in [0.5, 0.6) is 0 Å². The van der Waals surface area contributed by atoms with Gasteiger partial charge in [-0.3, -0.25) is 0 Å². The molecule has 2 N–H and O–H groups in total. The molecule has 0 bridgehead atoms. The number of rotatable bonds is 9. The molecular formula is C25H28N4O2S. The molecule has 0 saturated carbocycles. The zero-order valence-corrected chi connectivity index (χ0v) is 19.3. The highest BCUT2D eigenvalue weighted by atomic mass is 32.1. The van der Waals surface area contributed by atoms with Crippen molar-refractivity contribution >= 4 is 32.7 Å². The normalized spacial score (nSPS) is 13.4. The molecule has 0 aliphatic carbocycles. The van der Waals surface area contributed by atoms with E-state index in [1.54, 1.807) is 29.5 Å². The van der Waals surface area contributed by atoms with E-state index in [9.17, 15) is 9.90 Å². The number of anilines is 1. The number of nitrogens with zero attached hydrogens (tertiary/aromatic N) is 3. The minimum atomic E-state index is -0.917. The lowest BCUT2D eigenvalue weighted by Gasteiger charge is -2.33. The highest BCUT2D eigenvalue weighted by Crippen LogP contribution is 2.33. The number of aromatic carboxylic acids is 1. The van der Waals surface area contributed by atoms with E-state index in [0.29, 0.717) is 18.2 Å². The topological polar surface area (TPSA) is 70.4 Å². The van der Waals surface area contributed by atoms with E-state index in [0.717, 1.165) is 27.3 Å². The second-order valence-electron chi connectivity index (χ2n) is 8.12. The Balaban J connectivity index is 1.59. The van der Waals surface area contributed by atoms with Crippen LogP contribution in [0, 0.1) is 0 Å². The summed E-state index contributed by atoms with van der Waals surface area (Å²) in [6.07, 6.45) is 5.30. The molecule has 2 aromatic heterocycles. The molecule has 2 atom stereocenters. The first kappa shape index (κ1) is 22.0. The van der Waals surface area contributed by atoms with Crippen LogP contribution in [-0.4, -0.2) is 45.7 Å². The lowest BCUT2D eigenvalue weighted by molar-refractivity contribution is 0.0696. The predicted molar refractivity (Wildman–Crippen MR) is 131 cm³/mol. The van der Waals surface area contributed by atoms with Gasteiger partial charge in [0.15, 0.2) is 5.13 Å². The first-order chi connectivity index (χ1) is 15.5. The number of fused-ring (bicyclic) bond motifs is 1. The van der Waals surface area contributed by atoms with Gasteiger partial charge in [-0.05, 0) is 68.0 Å². The minimum Gasteiger partial charge on any atom is -0.478 e. The van der Waals surface area contributed by atoms with Gasteiger partial charge in [0, 0.05) is 25.0 Å². The van der Waals surface area contributed by atoms with Gasteiger partial charge in [0.1, 0.15) is 0 Å². The van der Waals surface area contributed by atoms with Crippen molar-refractivity contribution < 1.29 is 9.90 Å². The van der Waals surface area contributed by atoms with Gasteiger partial charge in [-0.25, -0.2) is 9.78 Å². The summed E-state index contributed by atoms with van der Waals surface area (Å²) in [6.45, 7) is 2.76. The fraction of sp³-hybridized carbons (Fsp3) is 0.280. The Kier molecular flexibility index (Phi) is 6.58. The van der Waals surface area contributed by atoms with Crippen LogP contribution in [-0.2, 0) is 6.54 Å². The fourth-order valence-corrected chi connectivity index (χ4v) is 5.10. The zero-order chi connectivity index (χ0) is 22.7. The maximum atomic E-state index is 11.2. The maximum absolute atomic E-state index is 11.2. The third kappa shape index (κ3) is 4.69. The Morgan fingerprint density at radius 1 is 1.16 bits per heavy atom. The number of hydrogen-bond donors (Lipinski definition) is 2. The van der Waals surface area contributed by atoms with Gasteiger partial charge < -0.3 is 19.9 Å². The number of hydrogen-bond acceptors (Lipinski definition) is 5. The average molecular weight is 449 g/mol. The lowest BCUT2D eigenvalue weighted by Crippen LogP contribution is -2.36. The van der Waals surface area contributed by atoms with Crippen LogP contribution in [0.15, 0.2) is 67.0 Å². The number of thiazole rings is 1. The summed E-state index contributed by atoms with van der Waals surface area (Å²) < 4.78 is 3.42. The number of carboxylic acid groups (broad SMARTS) is 1. The molecule has 2 aromatic carbocycles. The van der Waals surface area contributed by atoms with Crippen molar-refractivity contribution in [2.45, 2.75) is 32.0 Å². The SMILES string of the molecule is CCC(C(c1ccc2nc(NCc3cccc(C(=O)O)c3)sc2c1)n1cccc1)N(C)C. The number of likely N-dealkylation sites (N-methyl/N-ethyl adjacent to an activating group) is 1. The number of nitrogens with one attached hydrogen (secondary N) is 1. The van der Waals surface area contributed by atoms with Crippen LogP contribution >= 0.6 is 11.3 Å². The standard InChI is InChI=1S/C25H28N4O2S/c1-4-21(28(2)3)23(29-12-5-6-13-29)18-10-11-20-22(15-18)32-25(27-20)26-16-17-8-7-9-19(14-17)24(30)31/h5-15,21,23H,4,16H2,1-3H3,(H,26,27)(H,30,31). The molecule has 4 aromatic rings.